The van der Waals surface area contributed by atoms with Gasteiger partial charge in [-0.05, 0) is 86.6 Å². The smallest absolute Gasteiger partial charge is 0.382 e. The van der Waals surface area contributed by atoms with Gasteiger partial charge in [0.15, 0.2) is 0 Å². The number of carbonyl (C=O) groups excluding carboxylic acids is 2. The number of likely N-dealkylation sites (tertiary alicyclic amines) is 1. The van der Waals surface area contributed by atoms with E-state index in [1.807, 2.05) is 12.1 Å². The van der Waals surface area contributed by atoms with E-state index >= 15 is 4.39 Å². The fourth-order valence-electron chi connectivity index (χ4n) is 6.50. The summed E-state index contributed by atoms with van der Waals surface area (Å²) in [6.07, 6.45) is 0.0697. The molecule has 2 amide bonds. The minimum Gasteiger partial charge on any atom is -0.382 e. The topological polar surface area (TPSA) is 99.2 Å². The lowest BCUT2D eigenvalue weighted by Gasteiger charge is -2.42. The van der Waals surface area contributed by atoms with Crippen molar-refractivity contribution in [3.05, 3.63) is 94.3 Å². The molecule has 0 bridgehead atoms. The third kappa shape index (κ3) is 7.24. The van der Waals surface area contributed by atoms with Gasteiger partial charge in [-0.15, -0.1) is 9.96 Å². The van der Waals surface area contributed by atoms with Crippen LogP contribution in [0.5, 0.6) is 0 Å². The molecule has 1 heterocycles. The number of hydroxylamine groups is 1. The Morgan fingerprint density at radius 3 is 2.30 bits per heavy atom. The van der Waals surface area contributed by atoms with Crippen LogP contribution in [0.4, 0.5) is 28.9 Å². The molecule has 13 heteroatoms. The second-order valence-electron chi connectivity index (χ2n) is 11.8. The normalized spacial score (nSPS) is 19.2. The quantitative estimate of drug-likeness (QED) is 0.144. The molecule has 5 rings (SSSR count). The monoisotopic (exact) mass is 660 g/mol. The Kier molecular flexibility index (Phi) is 10.1. The van der Waals surface area contributed by atoms with Crippen LogP contribution in [-0.4, -0.2) is 34.2 Å². The van der Waals surface area contributed by atoms with Crippen molar-refractivity contribution in [1.29, 1.82) is 0 Å². The molecule has 8 nitrogen and oxygen atoms in total. The number of nitrogens with zero attached hydrogens (tertiary/aromatic N) is 2. The molecule has 2 N–H and O–H groups in total. The minimum atomic E-state index is -4.77. The number of piperidine rings is 1. The molecule has 2 aliphatic rings. The van der Waals surface area contributed by atoms with Crippen LogP contribution < -0.4 is 10.4 Å². The van der Waals surface area contributed by atoms with E-state index in [4.69, 9.17) is 4.62 Å². The van der Waals surface area contributed by atoms with Gasteiger partial charge in [-0.2, -0.15) is 13.2 Å². The largest absolute Gasteiger partial charge is 0.719 e. The SMILES string of the molecule is Cc1ccc(N(O[P+](=O)O)C(=O)[C@H]2CCCN(C(=O)c3c(C)cccc3F)[C@H]2c2ccc(NC3CCCC3)cc2)cc1C(F)(F)F. The number of amides is 2. The van der Waals surface area contributed by atoms with Gasteiger partial charge in [-0.1, -0.05) is 43.2 Å². The number of alkyl halides is 3. The van der Waals surface area contributed by atoms with E-state index in [0.29, 0.717) is 34.7 Å². The van der Waals surface area contributed by atoms with E-state index in [1.54, 1.807) is 25.1 Å². The molecule has 0 spiro atoms. The Balaban J connectivity index is 1.57. The lowest BCUT2D eigenvalue weighted by Crippen LogP contribution is -2.49. The molecule has 3 aromatic carbocycles. The van der Waals surface area contributed by atoms with Gasteiger partial charge in [0.25, 0.3) is 11.8 Å². The Hall–Kier alpha value is -3.86. The van der Waals surface area contributed by atoms with Gasteiger partial charge in [-0.25, -0.2) is 4.39 Å². The average molecular weight is 661 g/mol. The molecule has 1 saturated carbocycles. The van der Waals surface area contributed by atoms with Gasteiger partial charge in [0.2, 0.25) is 0 Å². The molecular formula is C33H35F4N3O5P+. The number of anilines is 2. The lowest BCUT2D eigenvalue weighted by molar-refractivity contribution is -0.138. The van der Waals surface area contributed by atoms with Crippen LogP contribution in [-0.2, 0) is 20.2 Å². The van der Waals surface area contributed by atoms with Crippen molar-refractivity contribution >= 4 is 31.4 Å². The Morgan fingerprint density at radius 1 is 0.978 bits per heavy atom. The summed E-state index contributed by atoms with van der Waals surface area (Å²) in [6.45, 7) is 3.02. The fourth-order valence-corrected chi connectivity index (χ4v) is 6.81. The van der Waals surface area contributed by atoms with Crippen LogP contribution in [0.1, 0.15) is 77.2 Å². The summed E-state index contributed by atoms with van der Waals surface area (Å²) in [7, 11) is -3.48. The fraction of sp³-hybridized carbons (Fsp3) is 0.394. The molecule has 46 heavy (non-hydrogen) atoms. The van der Waals surface area contributed by atoms with E-state index < -0.39 is 55.3 Å². The maximum absolute atomic E-state index is 15.0. The molecule has 0 radical (unpaired) electrons. The van der Waals surface area contributed by atoms with Crippen molar-refractivity contribution in [3.63, 3.8) is 0 Å². The maximum Gasteiger partial charge on any atom is 0.719 e. The molecule has 0 aromatic heterocycles. The number of hydrogen-bond acceptors (Lipinski definition) is 5. The van der Waals surface area contributed by atoms with Crippen molar-refractivity contribution in [2.24, 2.45) is 5.92 Å². The van der Waals surface area contributed by atoms with Crippen molar-refractivity contribution in [2.75, 3.05) is 16.9 Å². The van der Waals surface area contributed by atoms with Gasteiger partial charge in [0.05, 0.1) is 28.8 Å². The zero-order valence-corrected chi connectivity index (χ0v) is 26.3. The first-order chi connectivity index (χ1) is 21.8. The van der Waals surface area contributed by atoms with Crippen LogP contribution in [0.3, 0.4) is 0 Å². The van der Waals surface area contributed by atoms with Gasteiger partial charge in [0, 0.05) is 27.5 Å². The highest BCUT2D eigenvalue weighted by molar-refractivity contribution is 7.32. The van der Waals surface area contributed by atoms with E-state index in [9.17, 15) is 32.2 Å². The zero-order chi connectivity index (χ0) is 33.2. The highest BCUT2D eigenvalue weighted by atomic mass is 31.1. The first kappa shape index (κ1) is 33.5. The van der Waals surface area contributed by atoms with Crippen molar-refractivity contribution in [1.82, 2.24) is 4.90 Å². The number of benzene rings is 3. The lowest BCUT2D eigenvalue weighted by atomic mass is 9.83. The maximum atomic E-state index is 15.0. The van der Waals surface area contributed by atoms with Crippen LogP contribution in [0.2, 0.25) is 0 Å². The first-order valence-corrected chi connectivity index (χ1v) is 16.3. The summed E-state index contributed by atoms with van der Waals surface area (Å²) in [5.74, 6) is -3.42. The minimum absolute atomic E-state index is 0.115. The molecule has 1 saturated heterocycles. The highest BCUT2D eigenvalue weighted by Crippen LogP contribution is 2.42. The molecule has 3 atom stereocenters. The van der Waals surface area contributed by atoms with Gasteiger partial charge < -0.3 is 10.2 Å². The predicted molar refractivity (Wildman–Crippen MR) is 165 cm³/mol. The van der Waals surface area contributed by atoms with Gasteiger partial charge >= 0.3 is 14.4 Å². The summed E-state index contributed by atoms with van der Waals surface area (Å²) in [4.78, 5) is 39.3. The number of carbonyl (C=O) groups is 2. The standard InChI is InChI=1S/C33H34F4N3O5P/c1-20-12-17-25(19-27(20)33(35,36)37)40(45-46(43)44)31(41)26-10-6-18-39(32(42)29-21(2)7-5-11-28(29)34)30(26)22-13-15-24(16-14-22)38-23-8-3-4-9-23/h5,7,11-17,19,23,26,30,38H,3-4,6,8-10,18H2,1-2H3/p+1/t26-,30-/m0/s1. The van der Waals surface area contributed by atoms with E-state index in [-0.39, 0.29) is 24.1 Å². The number of hydrogen-bond donors (Lipinski definition) is 2. The van der Waals surface area contributed by atoms with Crippen molar-refractivity contribution < 1.29 is 41.2 Å². The summed E-state index contributed by atoms with van der Waals surface area (Å²) in [5.41, 5.74) is 0.0654. The molecule has 1 aliphatic carbocycles. The first-order valence-electron chi connectivity index (χ1n) is 15.1. The highest BCUT2D eigenvalue weighted by Gasteiger charge is 2.45. The Labute approximate surface area is 265 Å². The summed E-state index contributed by atoms with van der Waals surface area (Å²) < 4.78 is 73.3. The third-order valence-electron chi connectivity index (χ3n) is 8.74. The van der Waals surface area contributed by atoms with Gasteiger partial charge in [-0.3, -0.25) is 9.59 Å². The molecule has 1 aliphatic heterocycles. The average Bonchev–Trinajstić information content (AvgIpc) is 3.52. The summed E-state index contributed by atoms with van der Waals surface area (Å²) in [6, 6.07) is 13.8. The zero-order valence-electron chi connectivity index (χ0n) is 25.4. The molecular weight excluding hydrogens is 625 g/mol. The van der Waals surface area contributed by atoms with Crippen LogP contribution >= 0.6 is 8.25 Å². The summed E-state index contributed by atoms with van der Waals surface area (Å²) in [5, 5.41) is 3.89. The second kappa shape index (κ2) is 13.9. The summed E-state index contributed by atoms with van der Waals surface area (Å²) >= 11 is 0. The van der Waals surface area contributed by atoms with Crippen LogP contribution in [0.25, 0.3) is 0 Å². The van der Waals surface area contributed by atoms with Crippen molar-refractivity contribution in [3.8, 4) is 0 Å². The van der Waals surface area contributed by atoms with E-state index in [0.717, 1.165) is 37.4 Å². The van der Waals surface area contributed by atoms with Crippen LogP contribution in [0.15, 0.2) is 60.7 Å². The molecule has 2 fully saturated rings. The molecule has 3 aromatic rings. The number of aryl methyl sites for hydroxylation is 2. The number of halogens is 4. The molecule has 1 unspecified atom stereocenters. The third-order valence-corrected chi connectivity index (χ3v) is 9.04. The number of nitrogens with one attached hydrogen (secondary N) is 1. The molecule has 244 valence electrons. The second-order valence-corrected chi connectivity index (χ2v) is 12.5. The Morgan fingerprint density at radius 2 is 1.67 bits per heavy atom. The van der Waals surface area contributed by atoms with Gasteiger partial charge in [0.1, 0.15) is 5.82 Å². The van der Waals surface area contributed by atoms with E-state index in [2.05, 4.69) is 5.32 Å². The van der Waals surface area contributed by atoms with Crippen molar-refractivity contribution in [2.45, 2.75) is 70.6 Å². The van der Waals surface area contributed by atoms with E-state index in [1.165, 1.54) is 30.0 Å². The Bertz CT molecular complexity index is 1590. The number of rotatable bonds is 8. The predicted octanol–water partition coefficient (Wildman–Crippen LogP) is 8.02. The van der Waals surface area contributed by atoms with Crippen LogP contribution in [0, 0.1) is 25.6 Å².